The number of hydrogen-bond acceptors (Lipinski definition) is 3. The maximum atomic E-state index is 6.36. The molecule has 0 spiro atoms. The molecule has 2 heterocycles. The van der Waals surface area contributed by atoms with E-state index in [-0.39, 0.29) is 11.6 Å². The van der Waals surface area contributed by atoms with Crippen LogP contribution in [0.4, 0.5) is 0 Å². The number of ether oxygens (including phenoxy) is 1. The van der Waals surface area contributed by atoms with E-state index in [9.17, 15) is 0 Å². The molecular formula is C16H27N3O. The van der Waals surface area contributed by atoms with Crippen molar-refractivity contribution in [3.05, 3.63) is 18.0 Å². The molecule has 4 nitrogen and oxygen atoms in total. The molecule has 20 heavy (non-hydrogen) atoms. The molecule has 1 aliphatic heterocycles. The smallest absolute Gasteiger partial charge is 0.0809 e. The zero-order chi connectivity index (χ0) is 14.0. The van der Waals surface area contributed by atoms with Crippen molar-refractivity contribution in [2.45, 2.75) is 76.0 Å². The van der Waals surface area contributed by atoms with Crippen molar-refractivity contribution in [1.82, 2.24) is 9.78 Å². The lowest BCUT2D eigenvalue weighted by Gasteiger charge is -2.30. The second-order valence-corrected chi connectivity index (χ2v) is 6.65. The van der Waals surface area contributed by atoms with Crippen LogP contribution >= 0.6 is 0 Å². The molecule has 0 amide bonds. The Bertz CT molecular complexity index is 431. The summed E-state index contributed by atoms with van der Waals surface area (Å²) in [5.74, 6) is 0. The molecule has 1 saturated heterocycles. The van der Waals surface area contributed by atoms with Gasteiger partial charge in [-0.1, -0.05) is 19.3 Å². The van der Waals surface area contributed by atoms with Gasteiger partial charge in [0, 0.05) is 25.3 Å². The Labute approximate surface area is 121 Å². The van der Waals surface area contributed by atoms with Crippen molar-refractivity contribution in [1.29, 1.82) is 0 Å². The van der Waals surface area contributed by atoms with Crippen LogP contribution in [0.2, 0.25) is 0 Å². The van der Waals surface area contributed by atoms with Gasteiger partial charge in [0.15, 0.2) is 0 Å². The molecule has 4 heteroatoms. The van der Waals surface area contributed by atoms with E-state index in [0.717, 1.165) is 31.6 Å². The second-order valence-electron chi connectivity index (χ2n) is 6.65. The van der Waals surface area contributed by atoms with Gasteiger partial charge in [0.2, 0.25) is 0 Å². The second kappa shape index (κ2) is 5.86. The fourth-order valence-electron chi connectivity index (χ4n) is 3.57. The lowest BCUT2D eigenvalue weighted by atomic mass is 9.90. The van der Waals surface area contributed by atoms with Gasteiger partial charge in [-0.2, -0.15) is 5.10 Å². The largest absolute Gasteiger partial charge is 0.374 e. The van der Waals surface area contributed by atoms with E-state index < -0.39 is 0 Å². The van der Waals surface area contributed by atoms with E-state index in [0.29, 0.717) is 6.04 Å². The summed E-state index contributed by atoms with van der Waals surface area (Å²) in [6.07, 6.45) is 11.7. The van der Waals surface area contributed by atoms with E-state index >= 15 is 0 Å². The van der Waals surface area contributed by atoms with E-state index in [1.54, 1.807) is 0 Å². The molecule has 2 aliphatic rings. The summed E-state index contributed by atoms with van der Waals surface area (Å²) in [6.45, 7) is 2.99. The average molecular weight is 277 g/mol. The molecule has 112 valence electrons. The van der Waals surface area contributed by atoms with Crippen LogP contribution in [0.15, 0.2) is 12.3 Å². The van der Waals surface area contributed by atoms with Crippen molar-refractivity contribution < 1.29 is 4.74 Å². The van der Waals surface area contributed by atoms with Gasteiger partial charge in [0.05, 0.1) is 17.3 Å². The van der Waals surface area contributed by atoms with Crippen molar-refractivity contribution in [3.8, 4) is 0 Å². The van der Waals surface area contributed by atoms with Gasteiger partial charge in [0.25, 0.3) is 0 Å². The molecule has 2 atom stereocenters. The Morgan fingerprint density at radius 1 is 1.40 bits per heavy atom. The topological polar surface area (TPSA) is 53.1 Å². The first-order chi connectivity index (χ1) is 9.67. The van der Waals surface area contributed by atoms with Gasteiger partial charge in [0.1, 0.15) is 0 Å². The number of rotatable bonds is 4. The molecule has 2 fully saturated rings. The minimum atomic E-state index is -0.158. The van der Waals surface area contributed by atoms with E-state index in [1.807, 2.05) is 0 Å². The van der Waals surface area contributed by atoms with E-state index in [4.69, 9.17) is 15.6 Å². The number of nitrogens with two attached hydrogens (primary N) is 1. The van der Waals surface area contributed by atoms with Crippen LogP contribution in [0.5, 0.6) is 0 Å². The third-order valence-corrected chi connectivity index (χ3v) is 5.08. The Morgan fingerprint density at radius 2 is 2.20 bits per heavy atom. The minimum Gasteiger partial charge on any atom is -0.374 e. The van der Waals surface area contributed by atoms with Crippen molar-refractivity contribution >= 4 is 0 Å². The normalized spacial score (nSPS) is 29.7. The lowest BCUT2D eigenvalue weighted by molar-refractivity contribution is -0.00117. The first-order valence-electron chi connectivity index (χ1n) is 8.11. The summed E-state index contributed by atoms with van der Waals surface area (Å²) >= 11 is 0. The number of aromatic nitrogens is 2. The zero-order valence-electron chi connectivity index (χ0n) is 12.6. The summed E-state index contributed by atoms with van der Waals surface area (Å²) in [6, 6.07) is 2.78. The third kappa shape index (κ3) is 2.91. The fraction of sp³-hybridized carbons (Fsp3) is 0.812. The van der Waals surface area contributed by atoms with Crippen LogP contribution in [0, 0.1) is 0 Å². The lowest BCUT2D eigenvalue weighted by Crippen LogP contribution is -2.46. The van der Waals surface area contributed by atoms with Gasteiger partial charge in [-0.05, 0) is 38.7 Å². The van der Waals surface area contributed by atoms with Gasteiger partial charge in [-0.3, -0.25) is 4.68 Å². The standard InChI is InChI=1S/C16H27N3O/c1-16(9-5-11-20-16)15(17)12-13-8-10-19(18-13)14-6-3-2-4-7-14/h8,10,14-15H,2-7,9,11-12,17H2,1H3. The predicted molar refractivity (Wildman–Crippen MR) is 79.6 cm³/mol. The third-order valence-electron chi connectivity index (χ3n) is 5.08. The van der Waals surface area contributed by atoms with Crippen LogP contribution in [-0.4, -0.2) is 28.0 Å². The summed E-state index contributed by atoms with van der Waals surface area (Å²) < 4.78 is 8.00. The SMILES string of the molecule is CC1(C(N)Cc2ccn(C3CCCCC3)n2)CCCO1. The number of nitrogens with zero attached hydrogens (tertiary/aromatic N) is 2. The highest BCUT2D eigenvalue weighted by Gasteiger charge is 2.36. The summed E-state index contributed by atoms with van der Waals surface area (Å²) in [7, 11) is 0. The van der Waals surface area contributed by atoms with Crippen LogP contribution in [0.3, 0.4) is 0 Å². The van der Waals surface area contributed by atoms with E-state index in [2.05, 4.69) is 23.9 Å². The van der Waals surface area contributed by atoms with Gasteiger partial charge >= 0.3 is 0 Å². The monoisotopic (exact) mass is 277 g/mol. The maximum Gasteiger partial charge on any atom is 0.0809 e. The van der Waals surface area contributed by atoms with Gasteiger partial charge in [-0.15, -0.1) is 0 Å². The van der Waals surface area contributed by atoms with Gasteiger partial charge < -0.3 is 10.5 Å². The first kappa shape index (κ1) is 14.1. The van der Waals surface area contributed by atoms with Crippen LogP contribution < -0.4 is 5.73 Å². The molecular weight excluding hydrogens is 250 g/mol. The Kier molecular flexibility index (Phi) is 4.13. The van der Waals surface area contributed by atoms with Crippen LogP contribution in [-0.2, 0) is 11.2 Å². The minimum absolute atomic E-state index is 0.0414. The molecule has 1 aromatic heterocycles. The summed E-state index contributed by atoms with van der Waals surface area (Å²) in [5.41, 5.74) is 7.31. The fourth-order valence-corrected chi connectivity index (χ4v) is 3.57. The first-order valence-corrected chi connectivity index (χ1v) is 8.11. The van der Waals surface area contributed by atoms with Gasteiger partial charge in [-0.25, -0.2) is 0 Å². The van der Waals surface area contributed by atoms with E-state index in [1.165, 1.54) is 32.1 Å². The Hall–Kier alpha value is -0.870. The summed E-state index contributed by atoms with van der Waals surface area (Å²) in [4.78, 5) is 0. The highest BCUT2D eigenvalue weighted by Crippen LogP contribution is 2.30. The Balaban J connectivity index is 1.61. The molecule has 1 saturated carbocycles. The molecule has 2 N–H and O–H groups in total. The molecule has 1 aliphatic carbocycles. The molecule has 0 radical (unpaired) electrons. The summed E-state index contributed by atoms with van der Waals surface area (Å²) in [5, 5.41) is 4.76. The van der Waals surface area contributed by atoms with Crippen LogP contribution in [0.1, 0.15) is 63.6 Å². The predicted octanol–water partition coefficient (Wildman–Crippen LogP) is 2.83. The van der Waals surface area contributed by atoms with Crippen LogP contribution in [0.25, 0.3) is 0 Å². The number of hydrogen-bond donors (Lipinski definition) is 1. The molecule has 3 rings (SSSR count). The van der Waals surface area contributed by atoms with Crippen molar-refractivity contribution in [3.63, 3.8) is 0 Å². The maximum absolute atomic E-state index is 6.36. The molecule has 0 bridgehead atoms. The molecule has 1 aromatic rings. The quantitative estimate of drug-likeness (QED) is 0.920. The Morgan fingerprint density at radius 3 is 2.90 bits per heavy atom. The van der Waals surface area contributed by atoms with Crippen molar-refractivity contribution in [2.75, 3.05) is 6.61 Å². The zero-order valence-corrected chi connectivity index (χ0v) is 12.6. The molecule has 0 aromatic carbocycles. The highest BCUT2D eigenvalue weighted by molar-refractivity contribution is 5.06. The average Bonchev–Trinajstić information content (AvgIpc) is 3.10. The highest BCUT2D eigenvalue weighted by atomic mass is 16.5. The molecule has 2 unspecified atom stereocenters. The van der Waals surface area contributed by atoms with Crippen molar-refractivity contribution in [2.24, 2.45) is 5.73 Å².